The number of hydrogen-bond acceptors (Lipinski definition) is 3. The Hall–Kier alpha value is -1.32. The predicted molar refractivity (Wildman–Crippen MR) is 72.7 cm³/mol. The van der Waals surface area contributed by atoms with Crippen molar-refractivity contribution < 1.29 is 14.6 Å². The van der Waals surface area contributed by atoms with Crippen molar-refractivity contribution in [3.05, 3.63) is 48.9 Å². The summed E-state index contributed by atoms with van der Waals surface area (Å²) in [5, 5.41) is 9.87. The van der Waals surface area contributed by atoms with E-state index in [1.54, 1.807) is 0 Å². The molecule has 1 aliphatic heterocycles. The Bertz CT molecular complexity index is 429. The monoisotopic (exact) mass is 259 g/mol. The molecule has 3 rings (SSSR count). The lowest BCUT2D eigenvalue weighted by Crippen LogP contribution is -2.20. The summed E-state index contributed by atoms with van der Waals surface area (Å²) in [5.41, 5.74) is 0. The summed E-state index contributed by atoms with van der Waals surface area (Å²) in [7, 11) is 0. The van der Waals surface area contributed by atoms with Gasteiger partial charge in [-0.3, -0.25) is 0 Å². The lowest BCUT2D eigenvalue weighted by atomic mass is 10.0. The van der Waals surface area contributed by atoms with Crippen molar-refractivity contribution in [2.75, 3.05) is 13.2 Å². The molecule has 3 heteroatoms. The van der Waals surface area contributed by atoms with Gasteiger partial charge in [-0.1, -0.05) is 30.4 Å². The largest absolute Gasteiger partial charge is 0.491 e. The first kappa shape index (κ1) is 12.7. The van der Waals surface area contributed by atoms with Gasteiger partial charge in [-0.05, 0) is 30.9 Å². The van der Waals surface area contributed by atoms with Crippen LogP contribution in [0.2, 0.25) is 0 Å². The Morgan fingerprint density at radius 3 is 2.89 bits per heavy atom. The first-order chi connectivity index (χ1) is 9.31. The molecule has 0 amide bonds. The molecule has 3 unspecified atom stereocenters. The molecular formula is C16H19O3. The summed E-state index contributed by atoms with van der Waals surface area (Å²) in [6.45, 7) is 1.15. The van der Waals surface area contributed by atoms with Gasteiger partial charge in [0.05, 0.1) is 12.7 Å². The third kappa shape index (κ3) is 3.17. The maximum atomic E-state index is 9.87. The van der Waals surface area contributed by atoms with Gasteiger partial charge in [0.2, 0.25) is 0 Å². The summed E-state index contributed by atoms with van der Waals surface area (Å²) in [5.74, 6) is 1.74. The van der Waals surface area contributed by atoms with Crippen molar-refractivity contribution in [3.63, 3.8) is 0 Å². The lowest BCUT2D eigenvalue weighted by molar-refractivity contribution is 0.0693. The van der Waals surface area contributed by atoms with Crippen LogP contribution in [-0.2, 0) is 4.74 Å². The van der Waals surface area contributed by atoms with Gasteiger partial charge >= 0.3 is 0 Å². The molecule has 1 saturated heterocycles. The van der Waals surface area contributed by atoms with Crippen molar-refractivity contribution in [2.45, 2.75) is 18.6 Å². The SMILES string of the molecule is O[C@H](/C=C/C1[CH]C2COC1C2)COc1ccccc1. The zero-order valence-electron chi connectivity index (χ0n) is 10.8. The third-order valence-corrected chi connectivity index (χ3v) is 3.70. The van der Waals surface area contributed by atoms with Crippen LogP contribution in [0, 0.1) is 18.3 Å². The summed E-state index contributed by atoms with van der Waals surface area (Å²) >= 11 is 0. The molecule has 1 aromatic carbocycles. The van der Waals surface area contributed by atoms with Gasteiger partial charge in [0.1, 0.15) is 18.5 Å². The van der Waals surface area contributed by atoms with Crippen molar-refractivity contribution in [1.29, 1.82) is 0 Å². The molecule has 1 heterocycles. The number of hydrogen-bond donors (Lipinski definition) is 1. The Morgan fingerprint density at radius 2 is 2.21 bits per heavy atom. The second-order valence-corrected chi connectivity index (χ2v) is 5.21. The molecule has 1 saturated carbocycles. The van der Waals surface area contributed by atoms with Gasteiger partial charge in [0.25, 0.3) is 0 Å². The van der Waals surface area contributed by atoms with E-state index in [1.165, 1.54) is 0 Å². The van der Waals surface area contributed by atoms with E-state index in [0.29, 0.717) is 17.9 Å². The average molecular weight is 259 g/mol. The molecule has 1 N–H and O–H groups in total. The van der Waals surface area contributed by atoms with E-state index in [2.05, 4.69) is 6.42 Å². The quantitative estimate of drug-likeness (QED) is 0.824. The molecule has 101 valence electrons. The number of aliphatic hydroxyl groups is 1. The molecule has 1 aliphatic carbocycles. The van der Waals surface area contributed by atoms with Crippen LogP contribution in [-0.4, -0.2) is 30.5 Å². The van der Waals surface area contributed by atoms with Crippen molar-refractivity contribution in [1.82, 2.24) is 0 Å². The Morgan fingerprint density at radius 1 is 1.37 bits per heavy atom. The van der Waals surface area contributed by atoms with Crippen LogP contribution in [0.15, 0.2) is 42.5 Å². The summed E-state index contributed by atoms with van der Waals surface area (Å²) in [4.78, 5) is 0. The fraction of sp³-hybridized carbons (Fsp3) is 0.438. The topological polar surface area (TPSA) is 38.7 Å². The van der Waals surface area contributed by atoms with Crippen LogP contribution in [0.4, 0.5) is 0 Å². The molecule has 3 nitrogen and oxygen atoms in total. The minimum Gasteiger partial charge on any atom is -0.491 e. The molecule has 2 bridgehead atoms. The second kappa shape index (κ2) is 5.76. The highest BCUT2D eigenvalue weighted by Gasteiger charge is 2.39. The summed E-state index contributed by atoms with van der Waals surface area (Å²) in [6.07, 6.45) is 7.06. The molecule has 2 aliphatic rings. The van der Waals surface area contributed by atoms with Gasteiger partial charge in [-0.2, -0.15) is 0 Å². The maximum absolute atomic E-state index is 9.87. The van der Waals surface area contributed by atoms with Crippen molar-refractivity contribution in [3.8, 4) is 5.75 Å². The maximum Gasteiger partial charge on any atom is 0.119 e. The van der Waals surface area contributed by atoms with Crippen molar-refractivity contribution >= 4 is 0 Å². The van der Waals surface area contributed by atoms with E-state index in [9.17, 15) is 5.11 Å². The van der Waals surface area contributed by atoms with E-state index in [-0.39, 0.29) is 6.61 Å². The number of rotatable bonds is 5. The number of benzene rings is 1. The summed E-state index contributed by atoms with van der Waals surface area (Å²) < 4.78 is 11.1. The van der Waals surface area contributed by atoms with Crippen molar-refractivity contribution in [2.24, 2.45) is 11.8 Å². The highest BCUT2D eigenvalue weighted by atomic mass is 16.5. The molecular weight excluding hydrogens is 240 g/mol. The van der Waals surface area contributed by atoms with E-state index in [0.717, 1.165) is 18.8 Å². The fourth-order valence-electron chi connectivity index (χ4n) is 2.72. The Balaban J connectivity index is 1.45. The molecule has 1 radical (unpaired) electrons. The standard InChI is InChI=1S/C16H19O3/c17-14(11-18-15-4-2-1-3-5-15)7-6-13-8-12-9-16(13)19-10-12/h1-8,12-14,16-17H,9-11H2/b7-6+/t12?,13?,14-,16?/m1/s1. The summed E-state index contributed by atoms with van der Waals surface area (Å²) in [6, 6.07) is 9.54. The molecule has 2 fully saturated rings. The van der Waals surface area contributed by atoms with E-state index in [4.69, 9.17) is 9.47 Å². The van der Waals surface area contributed by atoms with Crippen LogP contribution in [0.5, 0.6) is 5.75 Å². The minimum absolute atomic E-state index is 0.280. The highest BCUT2D eigenvalue weighted by molar-refractivity contribution is 5.21. The zero-order valence-corrected chi connectivity index (χ0v) is 10.8. The molecule has 4 atom stereocenters. The van der Waals surface area contributed by atoms with Gasteiger partial charge in [0, 0.05) is 5.92 Å². The second-order valence-electron chi connectivity index (χ2n) is 5.21. The first-order valence-electron chi connectivity index (χ1n) is 6.82. The van der Waals surface area contributed by atoms with E-state index in [1.807, 2.05) is 42.5 Å². The third-order valence-electron chi connectivity index (χ3n) is 3.70. The predicted octanol–water partition coefficient (Wildman–Crippen LogP) is 2.22. The van der Waals surface area contributed by atoms with Crippen LogP contribution < -0.4 is 4.74 Å². The number of fused-ring (bicyclic) bond motifs is 2. The van der Waals surface area contributed by atoms with E-state index >= 15 is 0 Å². The van der Waals surface area contributed by atoms with Gasteiger partial charge in [-0.25, -0.2) is 0 Å². The minimum atomic E-state index is -0.576. The van der Waals surface area contributed by atoms with Gasteiger partial charge < -0.3 is 14.6 Å². The van der Waals surface area contributed by atoms with Gasteiger partial charge in [-0.15, -0.1) is 0 Å². The molecule has 19 heavy (non-hydrogen) atoms. The first-order valence-corrected chi connectivity index (χ1v) is 6.82. The van der Waals surface area contributed by atoms with Crippen LogP contribution >= 0.6 is 0 Å². The Labute approximate surface area is 113 Å². The van der Waals surface area contributed by atoms with Crippen LogP contribution in [0.1, 0.15) is 6.42 Å². The number of para-hydroxylation sites is 1. The number of aliphatic hydroxyl groups excluding tert-OH is 1. The number of ether oxygens (including phenoxy) is 2. The average Bonchev–Trinajstić information content (AvgIpc) is 3.06. The fourth-order valence-corrected chi connectivity index (χ4v) is 2.72. The zero-order chi connectivity index (χ0) is 13.1. The Kier molecular flexibility index (Phi) is 3.85. The smallest absolute Gasteiger partial charge is 0.119 e. The van der Waals surface area contributed by atoms with E-state index < -0.39 is 6.10 Å². The molecule has 1 aromatic rings. The normalized spacial score (nSPS) is 30.9. The molecule has 0 spiro atoms. The van der Waals surface area contributed by atoms with Crippen LogP contribution in [0.25, 0.3) is 0 Å². The lowest BCUT2D eigenvalue weighted by Gasteiger charge is -2.18. The van der Waals surface area contributed by atoms with Gasteiger partial charge in [0.15, 0.2) is 0 Å². The molecule has 0 aromatic heterocycles. The van der Waals surface area contributed by atoms with Crippen LogP contribution in [0.3, 0.4) is 0 Å². The highest BCUT2D eigenvalue weighted by Crippen LogP contribution is 2.39.